The zero-order chi connectivity index (χ0) is 10.7. The van der Waals surface area contributed by atoms with Crippen molar-refractivity contribution in [1.82, 2.24) is 14.1 Å². The molecule has 2 aromatic heterocycles. The van der Waals surface area contributed by atoms with E-state index >= 15 is 0 Å². The molecule has 2 aromatic rings. The molecule has 0 atom stereocenters. The lowest BCUT2D eigenvalue weighted by molar-refractivity contribution is 0.791. The summed E-state index contributed by atoms with van der Waals surface area (Å²) in [5.41, 5.74) is 1.55. The van der Waals surface area contributed by atoms with Gasteiger partial charge in [0.25, 0.3) is 0 Å². The van der Waals surface area contributed by atoms with Gasteiger partial charge in [0.05, 0.1) is 5.52 Å². The number of pyridine rings is 1. The highest BCUT2D eigenvalue weighted by Gasteiger charge is 2.05. The molecule has 0 fully saturated rings. The fourth-order valence-electron chi connectivity index (χ4n) is 1.33. The molecule has 14 heavy (non-hydrogen) atoms. The quantitative estimate of drug-likeness (QED) is 0.632. The fourth-order valence-corrected chi connectivity index (χ4v) is 1.33. The summed E-state index contributed by atoms with van der Waals surface area (Å²) in [7, 11) is 3.46. The van der Waals surface area contributed by atoms with Crippen LogP contribution in [0.2, 0.25) is 0 Å². The lowest BCUT2D eigenvalue weighted by Crippen LogP contribution is -2.19. The van der Waals surface area contributed by atoms with Crippen molar-refractivity contribution < 1.29 is 0 Å². The summed E-state index contributed by atoms with van der Waals surface area (Å²) in [6.07, 6.45) is 1.68. The molecular formula is C10H15N3O. The Hall–Kier alpha value is -1.58. The minimum absolute atomic E-state index is 0.0382. The van der Waals surface area contributed by atoms with Gasteiger partial charge in [-0.3, -0.25) is 9.13 Å². The number of imidazole rings is 1. The lowest BCUT2D eigenvalue weighted by Gasteiger charge is -1.89. The van der Waals surface area contributed by atoms with Crippen LogP contribution in [0.15, 0.2) is 23.1 Å². The summed E-state index contributed by atoms with van der Waals surface area (Å²) in [4.78, 5) is 15.5. The van der Waals surface area contributed by atoms with E-state index in [0.717, 1.165) is 11.2 Å². The van der Waals surface area contributed by atoms with E-state index in [0.29, 0.717) is 0 Å². The molecule has 4 nitrogen and oxygen atoms in total. The fraction of sp³-hybridized carbons (Fsp3) is 0.400. The van der Waals surface area contributed by atoms with E-state index in [1.165, 1.54) is 4.57 Å². The highest BCUT2D eigenvalue weighted by Crippen LogP contribution is 2.05. The lowest BCUT2D eigenvalue weighted by atomic mass is 10.4. The van der Waals surface area contributed by atoms with Crippen LogP contribution in [-0.4, -0.2) is 14.1 Å². The van der Waals surface area contributed by atoms with Crippen molar-refractivity contribution in [2.45, 2.75) is 13.8 Å². The molecule has 2 rings (SSSR count). The number of fused-ring (bicyclic) bond motifs is 1. The van der Waals surface area contributed by atoms with Gasteiger partial charge in [-0.25, -0.2) is 9.78 Å². The highest BCUT2D eigenvalue weighted by atomic mass is 16.1. The van der Waals surface area contributed by atoms with Gasteiger partial charge in [-0.2, -0.15) is 0 Å². The van der Waals surface area contributed by atoms with Crippen LogP contribution < -0.4 is 5.69 Å². The zero-order valence-corrected chi connectivity index (χ0v) is 8.98. The van der Waals surface area contributed by atoms with E-state index in [9.17, 15) is 4.79 Å². The Balaban J connectivity index is 0.000000461. The molecule has 0 radical (unpaired) electrons. The topological polar surface area (TPSA) is 39.8 Å². The zero-order valence-electron chi connectivity index (χ0n) is 8.98. The van der Waals surface area contributed by atoms with Crippen molar-refractivity contribution in [3.05, 3.63) is 28.8 Å². The minimum Gasteiger partial charge on any atom is -0.293 e. The molecular weight excluding hydrogens is 178 g/mol. The minimum atomic E-state index is -0.0382. The van der Waals surface area contributed by atoms with Gasteiger partial charge in [-0.1, -0.05) is 13.8 Å². The van der Waals surface area contributed by atoms with Gasteiger partial charge in [-0.05, 0) is 12.1 Å². The Morgan fingerprint density at radius 1 is 1.21 bits per heavy atom. The van der Waals surface area contributed by atoms with Crippen LogP contribution in [0.1, 0.15) is 13.8 Å². The predicted molar refractivity (Wildman–Crippen MR) is 57.3 cm³/mol. The predicted octanol–water partition coefficient (Wildman–Crippen LogP) is 1.30. The maximum Gasteiger partial charge on any atom is 0.329 e. The van der Waals surface area contributed by atoms with Crippen LogP contribution in [0, 0.1) is 0 Å². The van der Waals surface area contributed by atoms with Gasteiger partial charge in [0, 0.05) is 20.3 Å². The average Bonchev–Trinajstić information content (AvgIpc) is 2.48. The largest absolute Gasteiger partial charge is 0.329 e. The smallest absolute Gasteiger partial charge is 0.293 e. The Kier molecular flexibility index (Phi) is 3.06. The molecule has 0 unspecified atom stereocenters. The first kappa shape index (κ1) is 10.5. The molecule has 0 bridgehead atoms. The molecule has 2 heterocycles. The van der Waals surface area contributed by atoms with E-state index in [1.807, 2.05) is 26.0 Å². The number of aryl methyl sites for hydroxylation is 2. The molecule has 0 aromatic carbocycles. The van der Waals surface area contributed by atoms with Gasteiger partial charge in [0.15, 0.2) is 5.65 Å². The molecule has 76 valence electrons. The molecule has 0 saturated carbocycles. The molecule has 0 spiro atoms. The van der Waals surface area contributed by atoms with Crippen LogP contribution in [0.25, 0.3) is 11.2 Å². The van der Waals surface area contributed by atoms with Crippen molar-refractivity contribution in [2.75, 3.05) is 0 Å². The van der Waals surface area contributed by atoms with E-state index in [-0.39, 0.29) is 5.69 Å². The van der Waals surface area contributed by atoms with E-state index < -0.39 is 0 Å². The second kappa shape index (κ2) is 4.09. The number of aromatic nitrogens is 3. The maximum atomic E-state index is 11.4. The molecule has 0 aliphatic carbocycles. The van der Waals surface area contributed by atoms with Crippen LogP contribution in [0.4, 0.5) is 0 Å². The highest BCUT2D eigenvalue weighted by molar-refractivity contribution is 5.70. The third-order valence-electron chi connectivity index (χ3n) is 2.02. The summed E-state index contributed by atoms with van der Waals surface area (Å²) in [6.45, 7) is 4.00. The van der Waals surface area contributed by atoms with Crippen molar-refractivity contribution in [2.24, 2.45) is 14.1 Å². The third-order valence-corrected chi connectivity index (χ3v) is 2.02. The third kappa shape index (κ3) is 1.43. The Morgan fingerprint density at radius 2 is 1.86 bits per heavy atom. The SMILES string of the molecule is CC.Cn1c(=O)n(C)c2ncccc21. The molecule has 0 N–H and O–H groups in total. The van der Waals surface area contributed by atoms with Crippen molar-refractivity contribution in [3.8, 4) is 0 Å². The maximum absolute atomic E-state index is 11.4. The number of hydrogen-bond donors (Lipinski definition) is 0. The average molecular weight is 193 g/mol. The second-order valence-corrected chi connectivity index (χ2v) is 2.75. The second-order valence-electron chi connectivity index (χ2n) is 2.75. The van der Waals surface area contributed by atoms with Crippen LogP contribution >= 0.6 is 0 Å². The summed E-state index contributed by atoms with van der Waals surface area (Å²) in [5.74, 6) is 0. The Morgan fingerprint density at radius 3 is 2.43 bits per heavy atom. The van der Waals surface area contributed by atoms with Gasteiger partial charge in [-0.15, -0.1) is 0 Å². The first-order chi connectivity index (χ1) is 6.72. The van der Waals surface area contributed by atoms with Crippen molar-refractivity contribution in [3.63, 3.8) is 0 Å². The first-order valence-corrected chi connectivity index (χ1v) is 4.68. The van der Waals surface area contributed by atoms with Gasteiger partial charge >= 0.3 is 5.69 Å². The normalized spacial score (nSPS) is 9.71. The number of rotatable bonds is 0. The number of nitrogens with zero attached hydrogens (tertiary/aromatic N) is 3. The van der Waals surface area contributed by atoms with Crippen LogP contribution in [0.3, 0.4) is 0 Å². The van der Waals surface area contributed by atoms with Crippen molar-refractivity contribution >= 4 is 11.2 Å². The molecule has 0 aliphatic rings. The van der Waals surface area contributed by atoms with Crippen LogP contribution in [-0.2, 0) is 14.1 Å². The Labute approximate surface area is 82.8 Å². The molecule has 0 aliphatic heterocycles. The van der Waals surface area contributed by atoms with Crippen molar-refractivity contribution in [1.29, 1.82) is 0 Å². The van der Waals surface area contributed by atoms with E-state index in [1.54, 1.807) is 24.9 Å². The number of hydrogen-bond acceptors (Lipinski definition) is 2. The summed E-state index contributed by atoms with van der Waals surface area (Å²) in [6, 6.07) is 3.70. The summed E-state index contributed by atoms with van der Waals surface area (Å²) >= 11 is 0. The standard InChI is InChI=1S/C8H9N3O.C2H6/c1-10-6-4-3-5-9-7(6)11(2)8(10)12;1-2/h3-5H,1-2H3;1-2H3. The van der Waals surface area contributed by atoms with Gasteiger partial charge < -0.3 is 0 Å². The van der Waals surface area contributed by atoms with E-state index in [4.69, 9.17) is 0 Å². The summed E-state index contributed by atoms with van der Waals surface area (Å²) in [5, 5.41) is 0. The Bertz CT molecular complexity index is 440. The molecule has 4 heteroatoms. The first-order valence-electron chi connectivity index (χ1n) is 4.68. The monoisotopic (exact) mass is 193 g/mol. The van der Waals surface area contributed by atoms with Gasteiger partial charge in [0.2, 0.25) is 0 Å². The summed E-state index contributed by atoms with van der Waals surface area (Å²) < 4.78 is 3.12. The van der Waals surface area contributed by atoms with Crippen LogP contribution in [0.5, 0.6) is 0 Å². The van der Waals surface area contributed by atoms with E-state index in [2.05, 4.69) is 4.98 Å². The molecule has 0 amide bonds. The van der Waals surface area contributed by atoms with Gasteiger partial charge in [0.1, 0.15) is 0 Å². The molecule has 0 saturated heterocycles.